The summed E-state index contributed by atoms with van der Waals surface area (Å²) in [5.74, 6) is -1.27. The van der Waals surface area contributed by atoms with E-state index in [0.29, 0.717) is 5.56 Å². The first-order valence-electron chi connectivity index (χ1n) is 8.19. The maximum atomic E-state index is 12.3. The summed E-state index contributed by atoms with van der Waals surface area (Å²) in [6.07, 6.45) is 0. The van der Waals surface area contributed by atoms with Crippen LogP contribution in [0.15, 0.2) is 9.72 Å². The number of hydrogen-bond acceptors (Lipinski definition) is 9. The van der Waals surface area contributed by atoms with Crippen molar-refractivity contribution in [2.24, 2.45) is 0 Å². The number of aromatic nitrogens is 1. The van der Waals surface area contributed by atoms with E-state index in [1.807, 2.05) is 12.3 Å². The molecule has 2 rings (SSSR count). The summed E-state index contributed by atoms with van der Waals surface area (Å²) in [5.41, 5.74) is 1.53. The first-order valence-corrected chi connectivity index (χ1v) is 10.9. The largest absolute Gasteiger partial charge is 0.462 e. The number of rotatable bonds is 8. The number of amides is 1. The van der Waals surface area contributed by atoms with Gasteiger partial charge in [-0.2, -0.15) is 0 Å². The van der Waals surface area contributed by atoms with Crippen LogP contribution in [0.1, 0.15) is 45.1 Å². The standard InChI is InChI=1S/C17H20N2O5S3/c1-5-23-15(21)12-10(4)13(16(22)24-6-2)27-14(12)19-11(20)8-26-17-18-9(3)7-25-17/h7H,5-6,8H2,1-4H3,(H,19,20). The molecule has 27 heavy (non-hydrogen) atoms. The monoisotopic (exact) mass is 428 g/mol. The maximum Gasteiger partial charge on any atom is 0.348 e. The molecule has 10 heteroatoms. The molecule has 0 aliphatic carbocycles. The summed E-state index contributed by atoms with van der Waals surface area (Å²) in [5, 5.41) is 4.91. The van der Waals surface area contributed by atoms with E-state index >= 15 is 0 Å². The number of thioether (sulfide) groups is 1. The highest BCUT2D eigenvalue weighted by Crippen LogP contribution is 2.34. The average Bonchev–Trinajstić information content (AvgIpc) is 3.16. The molecule has 2 aromatic rings. The molecule has 2 aromatic heterocycles. The molecule has 0 saturated carbocycles. The lowest BCUT2D eigenvalue weighted by Crippen LogP contribution is -2.16. The molecule has 2 heterocycles. The van der Waals surface area contributed by atoms with Crippen molar-refractivity contribution in [2.75, 3.05) is 24.3 Å². The lowest BCUT2D eigenvalue weighted by Gasteiger charge is -2.06. The van der Waals surface area contributed by atoms with E-state index in [2.05, 4.69) is 10.3 Å². The fourth-order valence-corrected chi connectivity index (χ4v) is 4.88. The van der Waals surface area contributed by atoms with E-state index < -0.39 is 11.9 Å². The van der Waals surface area contributed by atoms with E-state index in [-0.39, 0.29) is 40.3 Å². The number of thiazole rings is 1. The van der Waals surface area contributed by atoms with E-state index in [4.69, 9.17) is 9.47 Å². The number of thiophene rings is 1. The van der Waals surface area contributed by atoms with Crippen LogP contribution in [0.4, 0.5) is 5.00 Å². The van der Waals surface area contributed by atoms with Gasteiger partial charge < -0.3 is 14.8 Å². The van der Waals surface area contributed by atoms with Gasteiger partial charge in [0.1, 0.15) is 9.88 Å². The van der Waals surface area contributed by atoms with Crippen LogP contribution in [0.2, 0.25) is 0 Å². The fraction of sp³-hybridized carbons (Fsp3) is 0.412. The van der Waals surface area contributed by atoms with Crippen molar-refractivity contribution >= 4 is 57.3 Å². The number of carbonyl (C=O) groups is 3. The summed E-state index contributed by atoms with van der Waals surface area (Å²) in [7, 11) is 0. The molecule has 146 valence electrons. The van der Waals surface area contributed by atoms with Crippen LogP contribution >= 0.6 is 34.4 Å². The molecule has 1 amide bonds. The Labute approximate surface area is 169 Å². The summed E-state index contributed by atoms with van der Waals surface area (Å²) >= 11 is 3.79. The van der Waals surface area contributed by atoms with E-state index in [9.17, 15) is 14.4 Å². The first-order chi connectivity index (χ1) is 12.9. The van der Waals surface area contributed by atoms with Gasteiger partial charge in [-0.25, -0.2) is 14.6 Å². The molecular weight excluding hydrogens is 408 g/mol. The van der Waals surface area contributed by atoms with Crippen LogP contribution in [0.25, 0.3) is 0 Å². The van der Waals surface area contributed by atoms with Crippen molar-refractivity contribution in [1.82, 2.24) is 4.98 Å². The van der Waals surface area contributed by atoms with Crippen LogP contribution in [0, 0.1) is 13.8 Å². The summed E-state index contributed by atoms with van der Waals surface area (Å²) in [6.45, 7) is 7.32. The third-order valence-electron chi connectivity index (χ3n) is 3.26. The van der Waals surface area contributed by atoms with Gasteiger partial charge in [-0.05, 0) is 33.3 Å². The Morgan fingerprint density at radius 2 is 1.81 bits per heavy atom. The van der Waals surface area contributed by atoms with Crippen molar-refractivity contribution in [3.05, 3.63) is 27.1 Å². The second-order valence-electron chi connectivity index (χ2n) is 5.29. The van der Waals surface area contributed by atoms with Crippen molar-refractivity contribution in [3.63, 3.8) is 0 Å². The van der Waals surface area contributed by atoms with E-state index in [1.165, 1.54) is 23.1 Å². The number of nitrogens with zero attached hydrogens (tertiary/aromatic N) is 1. The highest BCUT2D eigenvalue weighted by molar-refractivity contribution is 8.01. The van der Waals surface area contributed by atoms with Crippen molar-refractivity contribution in [2.45, 2.75) is 32.0 Å². The van der Waals surface area contributed by atoms with Crippen molar-refractivity contribution in [1.29, 1.82) is 0 Å². The minimum atomic E-state index is -0.583. The predicted molar refractivity (Wildman–Crippen MR) is 107 cm³/mol. The lowest BCUT2D eigenvalue weighted by molar-refractivity contribution is -0.113. The molecular formula is C17H20N2O5S3. The topological polar surface area (TPSA) is 94.6 Å². The highest BCUT2D eigenvalue weighted by Gasteiger charge is 2.27. The van der Waals surface area contributed by atoms with Crippen LogP contribution in [-0.4, -0.2) is 41.8 Å². The molecule has 1 N–H and O–H groups in total. The summed E-state index contributed by atoms with van der Waals surface area (Å²) < 4.78 is 10.9. The van der Waals surface area contributed by atoms with Gasteiger partial charge in [0.2, 0.25) is 5.91 Å². The molecule has 0 fully saturated rings. The third-order valence-corrected chi connectivity index (χ3v) is 6.59. The number of anilines is 1. The number of hydrogen-bond donors (Lipinski definition) is 1. The molecule has 0 radical (unpaired) electrons. The Morgan fingerprint density at radius 1 is 1.15 bits per heavy atom. The minimum absolute atomic E-state index is 0.140. The molecule has 0 aliphatic rings. The summed E-state index contributed by atoms with van der Waals surface area (Å²) in [4.78, 5) is 41.3. The molecule has 0 spiro atoms. The Morgan fingerprint density at radius 3 is 2.41 bits per heavy atom. The summed E-state index contributed by atoms with van der Waals surface area (Å²) in [6, 6.07) is 0. The minimum Gasteiger partial charge on any atom is -0.462 e. The van der Waals surface area contributed by atoms with Gasteiger partial charge in [0.15, 0.2) is 4.34 Å². The molecule has 0 unspecified atom stereocenters. The molecule has 7 nitrogen and oxygen atoms in total. The number of aryl methyl sites for hydroxylation is 1. The van der Waals surface area contributed by atoms with E-state index in [1.54, 1.807) is 20.8 Å². The Balaban J connectivity index is 2.19. The Hall–Kier alpha value is -1.91. The van der Waals surface area contributed by atoms with Gasteiger partial charge in [-0.15, -0.1) is 22.7 Å². The van der Waals surface area contributed by atoms with Crippen LogP contribution in [0.5, 0.6) is 0 Å². The van der Waals surface area contributed by atoms with Gasteiger partial charge >= 0.3 is 11.9 Å². The van der Waals surface area contributed by atoms with Gasteiger partial charge in [0, 0.05) is 11.1 Å². The second kappa shape index (κ2) is 9.86. The quantitative estimate of drug-likeness (QED) is 0.503. The maximum absolute atomic E-state index is 12.3. The number of esters is 2. The number of nitrogens with one attached hydrogen (secondary N) is 1. The second-order valence-corrected chi connectivity index (χ2v) is 8.39. The zero-order valence-electron chi connectivity index (χ0n) is 15.4. The highest BCUT2D eigenvalue weighted by atomic mass is 32.2. The predicted octanol–water partition coefficient (Wildman–Crippen LogP) is 3.91. The van der Waals surface area contributed by atoms with Crippen molar-refractivity contribution < 1.29 is 23.9 Å². The van der Waals surface area contributed by atoms with Gasteiger partial charge in [-0.1, -0.05) is 11.8 Å². The van der Waals surface area contributed by atoms with Crippen LogP contribution in [0.3, 0.4) is 0 Å². The van der Waals surface area contributed by atoms with Gasteiger partial charge in [0.05, 0.1) is 24.5 Å². The van der Waals surface area contributed by atoms with Gasteiger partial charge in [0.25, 0.3) is 0 Å². The van der Waals surface area contributed by atoms with Gasteiger partial charge in [-0.3, -0.25) is 4.79 Å². The zero-order valence-corrected chi connectivity index (χ0v) is 17.9. The van der Waals surface area contributed by atoms with Crippen molar-refractivity contribution in [3.8, 4) is 0 Å². The fourth-order valence-electron chi connectivity index (χ4n) is 2.13. The first kappa shape index (κ1) is 21.4. The molecule has 0 bridgehead atoms. The number of carbonyl (C=O) groups excluding carboxylic acids is 3. The Kier molecular flexibility index (Phi) is 7.81. The SMILES string of the molecule is CCOC(=O)c1sc(NC(=O)CSc2nc(C)cs2)c(C(=O)OCC)c1C. The Bertz CT molecular complexity index is 844. The van der Waals surface area contributed by atoms with Crippen LogP contribution in [-0.2, 0) is 14.3 Å². The van der Waals surface area contributed by atoms with E-state index in [0.717, 1.165) is 21.4 Å². The normalized spacial score (nSPS) is 10.5. The lowest BCUT2D eigenvalue weighted by atomic mass is 10.1. The zero-order chi connectivity index (χ0) is 20.0. The van der Waals surface area contributed by atoms with Crippen LogP contribution < -0.4 is 5.32 Å². The smallest absolute Gasteiger partial charge is 0.348 e. The number of ether oxygens (including phenoxy) is 2. The molecule has 0 saturated heterocycles. The average molecular weight is 429 g/mol. The third kappa shape index (κ3) is 5.53. The molecule has 0 atom stereocenters. The molecule has 0 aromatic carbocycles. The molecule has 0 aliphatic heterocycles.